The number of rotatable bonds is 8. The number of allylic oxidation sites excluding steroid dienone is 1. The van der Waals surface area contributed by atoms with Crippen LogP contribution in [0.1, 0.15) is 82.9 Å². The first-order valence-corrected chi connectivity index (χ1v) is 16.3. The molecule has 1 spiro atoms. The standard InChI is InChI=1S/C37H43N3O6/c1-6-23(4)35(43)46-36(5)14-7-8-29(37(36)20-25-16-24-10-12-34(42)44-30(24)19-31(25)45-37)28-18-32(38)39-21-26(28)17-33(41)40-15-13-27(40)11-9-22(2)3/h6-8,10,12,16,18-19,21-22,27,29H,9,11,13-15,17,20H2,1-5H3,(H2,38,39)/b23-6+/t27-,29-,36+,37+/m0/s1. The van der Waals surface area contributed by atoms with E-state index in [1.165, 1.54) is 6.07 Å². The lowest BCUT2D eigenvalue weighted by atomic mass is 9.64. The van der Waals surface area contributed by atoms with E-state index in [1.807, 2.05) is 30.0 Å². The summed E-state index contributed by atoms with van der Waals surface area (Å²) in [6.07, 6.45) is 11.6. The second-order valence-corrected chi connectivity index (χ2v) is 13.6. The number of carbonyl (C=O) groups is 2. The minimum Gasteiger partial charge on any atom is -0.481 e. The van der Waals surface area contributed by atoms with Crippen LogP contribution in [0.3, 0.4) is 0 Å². The number of likely N-dealkylation sites (tertiary alicyclic amines) is 1. The van der Waals surface area contributed by atoms with E-state index in [9.17, 15) is 14.4 Å². The maximum atomic E-state index is 13.7. The summed E-state index contributed by atoms with van der Waals surface area (Å²) in [4.78, 5) is 45.5. The fraction of sp³-hybridized carbons (Fsp3) is 0.459. The normalized spacial score (nSPS) is 25.4. The molecule has 1 saturated heterocycles. The van der Waals surface area contributed by atoms with Gasteiger partial charge in [-0.3, -0.25) is 4.79 Å². The van der Waals surface area contributed by atoms with E-state index in [2.05, 4.69) is 24.9 Å². The predicted octanol–water partition coefficient (Wildman–Crippen LogP) is 6.04. The number of pyridine rings is 1. The maximum Gasteiger partial charge on any atom is 0.336 e. The van der Waals surface area contributed by atoms with E-state index in [1.54, 1.807) is 38.3 Å². The molecule has 242 valence electrons. The highest BCUT2D eigenvalue weighted by Crippen LogP contribution is 2.55. The van der Waals surface area contributed by atoms with Gasteiger partial charge in [-0.05, 0) is 80.8 Å². The van der Waals surface area contributed by atoms with Crippen LogP contribution in [0.2, 0.25) is 0 Å². The Hall–Kier alpha value is -4.40. The third-order valence-corrected chi connectivity index (χ3v) is 10.1. The van der Waals surface area contributed by atoms with Gasteiger partial charge < -0.3 is 24.5 Å². The minimum absolute atomic E-state index is 0.0662. The highest BCUT2D eigenvalue weighted by atomic mass is 16.6. The lowest BCUT2D eigenvalue weighted by Gasteiger charge is -2.50. The second-order valence-electron chi connectivity index (χ2n) is 13.6. The van der Waals surface area contributed by atoms with E-state index >= 15 is 0 Å². The average molecular weight is 626 g/mol. The first kappa shape index (κ1) is 31.6. The summed E-state index contributed by atoms with van der Waals surface area (Å²) in [5, 5.41) is 0.770. The zero-order valence-electron chi connectivity index (χ0n) is 27.3. The Morgan fingerprint density at radius 3 is 2.76 bits per heavy atom. The molecule has 2 N–H and O–H groups in total. The third-order valence-electron chi connectivity index (χ3n) is 10.1. The first-order chi connectivity index (χ1) is 21.9. The molecule has 0 saturated carbocycles. The molecular weight excluding hydrogens is 582 g/mol. The van der Waals surface area contributed by atoms with Crippen molar-refractivity contribution in [1.82, 2.24) is 9.88 Å². The smallest absolute Gasteiger partial charge is 0.336 e. The molecular formula is C37H43N3O6. The van der Waals surface area contributed by atoms with Crippen molar-refractivity contribution in [1.29, 1.82) is 0 Å². The van der Waals surface area contributed by atoms with E-state index in [4.69, 9.17) is 19.6 Å². The molecule has 9 nitrogen and oxygen atoms in total. The first-order valence-electron chi connectivity index (χ1n) is 16.3. The van der Waals surface area contributed by atoms with Crippen LogP contribution in [0.4, 0.5) is 5.82 Å². The van der Waals surface area contributed by atoms with E-state index in [0.717, 1.165) is 47.9 Å². The Morgan fingerprint density at radius 2 is 2.04 bits per heavy atom. The van der Waals surface area contributed by atoms with E-state index < -0.39 is 28.7 Å². The number of nitrogens with zero attached hydrogens (tertiary/aromatic N) is 2. The Kier molecular flexibility index (Phi) is 8.29. The zero-order valence-corrected chi connectivity index (χ0v) is 27.3. The SMILES string of the molecule is C/C=C(\C)C(=O)O[C@]1(C)CC=C[C@@H](c2cc(N)ncc2CC(=O)N2CC[C@@H]2CCC(C)C)[C@]12Cc1cc3ccc(=O)oc3cc1O2. The predicted molar refractivity (Wildman–Crippen MR) is 177 cm³/mol. The number of benzene rings is 1. The van der Waals surface area contributed by atoms with Gasteiger partial charge in [0.25, 0.3) is 0 Å². The number of amides is 1. The number of nitrogens with two attached hydrogens (primary N) is 1. The fourth-order valence-electron chi connectivity index (χ4n) is 7.15. The number of anilines is 1. The molecule has 46 heavy (non-hydrogen) atoms. The average Bonchev–Trinajstić information content (AvgIpc) is 3.36. The largest absolute Gasteiger partial charge is 0.481 e. The lowest BCUT2D eigenvalue weighted by molar-refractivity contribution is -0.182. The van der Waals surface area contributed by atoms with E-state index in [0.29, 0.717) is 41.5 Å². The fourth-order valence-corrected chi connectivity index (χ4v) is 7.15. The zero-order chi connectivity index (χ0) is 32.8. The maximum absolute atomic E-state index is 13.7. The third kappa shape index (κ3) is 5.60. The van der Waals surface area contributed by atoms with Crippen molar-refractivity contribution < 1.29 is 23.5 Å². The second kappa shape index (κ2) is 12.1. The monoisotopic (exact) mass is 625 g/mol. The van der Waals surface area contributed by atoms with Crippen molar-refractivity contribution in [2.75, 3.05) is 12.3 Å². The summed E-state index contributed by atoms with van der Waals surface area (Å²) in [7, 11) is 0. The van der Waals surface area contributed by atoms with Gasteiger partial charge in [0.15, 0.2) is 11.2 Å². The topological polar surface area (TPSA) is 125 Å². The molecule has 4 heterocycles. The van der Waals surface area contributed by atoms with Gasteiger partial charge in [-0.15, -0.1) is 0 Å². The quantitative estimate of drug-likeness (QED) is 0.139. The molecule has 6 rings (SSSR count). The van der Waals surface area contributed by atoms with Gasteiger partial charge in [-0.2, -0.15) is 0 Å². The Morgan fingerprint density at radius 1 is 1.24 bits per heavy atom. The number of carbonyl (C=O) groups excluding carboxylic acids is 2. The molecule has 1 amide bonds. The van der Waals surface area contributed by atoms with Crippen molar-refractivity contribution in [2.24, 2.45) is 5.92 Å². The van der Waals surface area contributed by atoms with Gasteiger partial charge >= 0.3 is 11.6 Å². The molecule has 3 aliphatic rings. The Labute approximate surface area is 269 Å². The summed E-state index contributed by atoms with van der Waals surface area (Å²) in [5.74, 6) is 0.657. The molecule has 1 aliphatic carbocycles. The molecule has 1 fully saturated rings. The minimum atomic E-state index is -1.11. The van der Waals surface area contributed by atoms with Crippen LogP contribution >= 0.6 is 0 Å². The van der Waals surface area contributed by atoms with Gasteiger partial charge in [0.05, 0.1) is 6.42 Å². The van der Waals surface area contributed by atoms with Crippen molar-refractivity contribution in [3.05, 3.63) is 87.4 Å². The van der Waals surface area contributed by atoms with Crippen LogP contribution in [0, 0.1) is 5.92 Å². The van der Waals surface area contributed by atoms with Gasteiger partial charge in [0.1, 0.15) is 17.2 Å². The molecule has 0 unspecified atom stereocenters. The molecule has 4 atom stereocenters. The number of hydrogen-bond donors (Lipinski definition) is 1. The molecule has 2 aromatic heterocycles. The van der Waals surface area contributed by atoms with Crippen LogP contribution in [0.25, 0.3) is 11.0 Å². The van der Waals surface area contributed by atoms with E-state index in [-0.39, 0.29) is 18.4 Å². The van der Waals surface area contributed by atoms with Crippen LogP contribution in [0.15, 0.2) is 69.5 Å². The number of fused-ring (bicyclic) bond motifs is 2. The highest BCUT2D eigenvalue weighted by Gasteiger charge is 2.62. The number of ether oxygens (including phenoxy) is 2. The summed E-state index contributed by atoms with van der Waals surface area (Å²) in [6.45, 7) is 10.6. The Bertz CT molecular complexity index is 1810. The molecule has 1 aromatic carbocycles. The Balaban J connectivity index is 1.42. The summed E-state index contributed by atoms with van der Waals surface area (Å²) in [5.41, 5.74) is 7.02. The summed E-state index contributed by atoms with van der Waals surface area (Å²) >= 11 is 0. The lowest BCUT2D eigenvalue weighted by Crippen LogP contribution is -2.62. The molecule has 9 heteroatoms. The summed E-state index contributed by atoms with van der Waals surface area (Å²) < 4.78 is 18.8. The highest BCUT2D eigenvalue weighted by molar-refractivity contribution is 5.88. The molecule has 0 radical (unpaired) electrons. The van der Waals surface area contributed by atoms with Gasteiger partial charge in [-0.1, -0.05) is 32.1 Å². The van der Waals surface area contributed by atoms with Gasteiger partial charge in [-0.25, -0.2) is 14.6 Å². The molecule has 2 aliphatic heterocycles. The van der Waals surface area contributed by atoms with Crippen molar-refractivity contribution in [2.45, 2.75) is 96.3 Å². The number of aromatic nitrogens is 1. The van der Waals surface area contributed by atoms with Crippen LogP contribution in [-0.4, -0.2) is 45.5 Å². The van der Waals surface area contributed by atoms with Crippen molar-refractivity contribution in [3.63, 3.8) is 0 Å². The molecule has 3 aromatic rings. The van der Waals surface area contributed by atoms with Crippen molar-refractivity contribution >= 4 is 28.7 Å². The van der Waals surface area contributed by atoms with Crippen LogP contribution in [0.5, 0.6) is 5.75 Å². The van der Waals surface area contributed by atoms with Crippen molar-refractivity contribution in [3.8, 4) is 5.75 Å². The van der Waals surface area contributed by atoms with Gasteiger partial charge in [0.2, 0.25) is 5.91 Å². The van der Waals surface area contributed by atoms with Crippen LogP contribution in [-0.2, 0) is 27.2 Å². The summed E-state index contributed by atoms with van der Waals surface area (Å²) in [6, 6.07) is 8.91. The number of esters is 1. The molecule has 0 bridgehead atoms. The number of nitrogen functional groups attached to an aromatic ring is 1. The number of hydrogen-bond acceptors (Lipinski definition) is 8. The van der Waals surface area contributed by atoms with Gasteiger partial charge in [0, 0.05) is 60.6 Å². The van der Waals surface area contributed by atoms with Crippen LogP contribution < -0.4 is 16.1 Å².